The molecule has 0 bridgehead atoms. The standard InChI is InChI=1S/C19H12Cl2FNOS/c20-12-1-10-17(18(21)11-12)19(24)23-14-4-8-16(9-5-14)25-15-6-2-13(22)3-7-15/h1-11H,(H,23,24). The van der Waals surface area contributed by atoms with Gasteiger partial charge in [0.2, 0.25) is 0 Å². The van der Waals surface area contributed by atoms with Crippen molar-refractivity contribution < 1.29 is 9.18 Å². The Balaban J connectivity index is 1.67. The third-order valence-corrected chi connectivity index (χ3v) is 4.90. The molecule has 3 aromatic carbocycles. The van der Waals surface area contributed by atoms with Gasteiger partial charge in [0.25, 0.3) is 5.91 Å². The summed E-state index contributed by atoms with van der Waals surface area (Å²) in [5.41, 5.74) is 1.01. The molecule has 0 fully saturated rings. The van der Waals surface area contributed by atoms with Gasteiger partial charge in [0.15, 0.2) is 0 Å². The average Bonchev–Trinajstić information content (AvgIpc) is 2.58. The summed E-state index contributed by atoms with van der Waals surface area (Å²) in [5, 5.41) is 3.57. The topological polar surface area (TPSA) is 29.1 Å². The van der Waals surface area contributed by atoms with Crippen LogP contribution < -0.4 is 5.32 Å². The minimum Gasteiger partial charge on any atom is -0.322 e. The molecule has 0 aliphatic rings. The largest absolute Gasteiger partial charge is 0.322 e. The van der Waals surface area contributed by atoms with E-state index in [9.17, 15) is 9.18 Å². The van der Waals surface area contributed by atoms with Crippen LogP contribution in [0.3, 0.4) is 0 Å². The van der Waals surface area contributed by atoms with Gasteiger partial charge < -0.3 is 5.32 Å². The first-order valence-corrected chi connectivity index (χ1v) is 8.88. The van der Waals surface area contributed by atoms with Gasteiger partial charge in [-0.2, -0.15) is 0 Å². The lowest BCUT2D eigenvalue weighted by Crippen LogP contribution is -2.12. The quantitative estimate of drug-likeness (QED) is 0.547. The van der Waals surface area contributed by atoms with E-state index < -0.39 is 0 Å². The fraction of sp³-hybridized carbons (Fsp3) is 0. The van der Waals surface area contributed by atoms with Crippen LogP contribution in [0.15, 0.2) is 76.5 Å². The van der Waals surface area contributed by atoms with Crippen LogP contribution in [0.1, 0.15) is 10.4 Å². The maximum absolute atomic E-state index is 12.9. The van der Waals surface area contributed by atoms with Crippen molar-refractivity contribution in [3.63, 3.8) is 0 Å². The van der Waals surface area contributed by atoms with E-state index in [-0.39, 0.29) is 11.7 Å². The number of amides is 1. The summed E-state index contributed by atoms with van der Waals surface area (Å²) in [6.07, 6.45) is 0. The molecule has 0 radical (unpaired) electrons. The van der Waals surface area contributed by atoms with Crippen LogP contribution in [0.4, 0.5) is 10.1 Å². The van der Waals surface area contributed by atoms with E-state index in [0.717, 1.165) is 9.79 Å². The highest BCUT2D eigenvalue weighted by Crippen LogP contribution is 2.29. The predicted molar refractivity (Wildman–Crippen MR) is 101 cm³/mol. The first-order valence-electron chi connectivity index (χ1n) is 7.31. The van der Waals surface area contributed by atoms with Crippen molar-refractivity contribution in [3.05, 3.63) is 88.2 Å². The minimum absolute atomic E-state index is 0.261. The van der Waals surface area contributed by atoms with Crippen molar-refractivity contribution in [2.45, 2.75) is 9.79 Å². The fourth-order valence-electron chi connectivity index (χ4n) is 2.12. The van der Waals surface area contributed by atoms with Gasteiger partial charge in [-0.1, -0.05) is 35.0 Å². The summed E-state index contributed by atoms with van der Waals surface area (Å²) >= 11 is 13.4. The highest BCUT2D eigenvalue weighted by molar-refractivity contribution is 7.99. The molecule has 0 heterocycles. The molecule has 126 valence electrons. The van der Waals surface area contributed by atoms with Gasteiger partial charge in [0, 0.05) is 20.5 Å². The molecule has 3 rings (SSSR count). The summed E-state index contributed by atoms with van der Waals surface area (Å²) in [6.45, 7) is 0. The van der Waals surface area contributed by atoms with E-state index in [1.807, 2.05) is 12.1 Å². The number of carbonyl (C=O) groups excluding carboxylic acids is 1. The minimum atomic E-state index is -0.305. The zero-order valence-electron chi connectivity index (χ0n) is 12.8. The normalized spacial score (nSPS) is 10.5. The zero-order chi connectivity index (χ0) is 17.8. The van der Waals surface area contributed by atoms with Crippen LogP contribution in [0.25, 0.3) is 0 Å². The summed E-state index contributed by atoms with van der Waals surface area (Å²) in [6, 6.07) is 18.4. The Morgan fingerprint density at radius 3 is 2.08 bits per heavy atom. The number of carbonyl (C=O) groups is 1. The number of rotatable bonds is 4. The van der Waals surface area contributed by atoms with Gasteiger partial charge in [-0.3, -0.25) is 4.79 Å². The lowest BCUT2D eigenvalue weighted by Gasteiger charge is -2.08. The number of hydrogen-bond acceptors (Lipinski definition) is 2. The summed E-state index contributed by atoms with van der Waals surface area (Å²) in [7, 11) is 0. The van der Waals surface area contributed by atoms with Gasteiger partial charge >= 0.3 is 0 Å². The molecule has 1 N–H and O–H groups in total. The van der Waals surface area contributed by atoms with E-state index >= 15 is 0 Å². The Morgan fingerprint density at radius 2 is 1.48 bits per heavy atom. The molecule has 0 saturated carbocycles. The van der Waals surface area contributed by atoms with Crippen LogP contribution in [-0.2, 0) is 0 Å². The van der Waals surface area contributed by atoms with E-state index in [4.69, 9.17) is 23.2 Å². The second-order valence-electron chi connectivity index (χ2n) is 5.16. The van der Waals surface area contributed by atoms with Crippen molar-refractivity contribution >= 4 is 46.6 Å². The van der Waals surface area contributed by atoms with Crippen molar-refractivity contribution in [2.75, 3.05) is 5.32 Å². The van der Waals surface area contributed by atoms with E-state index in [1.54, 1.807) is 36.4 Å². The molecule has 3 aromatic rings. The molecule has 6 heteroatoms. The van der Waals surface area contributed by atoms with Gasteiger partial charge in [0.1, 0.15) is 5.82 Å². The lowest BCUT2D eigenvalue weighted by atomic mass is 10.2. The van der Waals surface area contributed by atoms with Gasteiger partial charge in [-0.05, 0) is 66.7 Å². The molecule has 0 unspecified atom stereocenters. The van der Waals surface area contributed by atoms with E-state index in [2.05, 4.69) is 5.32 Å². The Bertz CT molecular complexity index is 898. The fourth-order valence-corrected chi connectivity index (χ4v) is 3.43. The molecular formula is C19H12Cl2FNOS. The van der Waals surface area contributed by atoms with Crippen LogP contribution in [0.2, 0.25) is 10.0 Å². The predicted octanol–water partition coefficient (Wildman–Crippen LogP) is 6.54. The number of hydrogen-bond donors (Lipinski definition) is 1. The van der Waals surface area contributed by atoms with Crippen molar-refractivity contribution in [2.24, 2.45) is 0 Å². The first-order chi connectivity index (χ1) is 12.0. The molecule has 25 heavy (non-hydrogen) atoms. The number of halogens is 3. The number of anilines is 1. The summed E-state index contributed by atoms with van der Waals surface area (Å²) in [5.74, 6) is -0.566. The molecule has 0 aliphatic carbocycles. The monoisotopic (exact) mass is 391 g/mol. The van der Waals surface area contributed by atoms with E-state index in [1.165, 1.54) is 30.0 Å². The molecule has 0 saturated heterocycles. The second kappa shape index (κ2) is 7.91. The van der Waals surface area contributed by atoms with Crippen LogP contribution >= 0.6 is 35.0 Å². The molecular weight excluding hydrogens is 380 g/mol. The Morgan fingerprint density at radius 1 is 0.880 bits per heavy atom. The maximum atomic E-state index is 12.9. The molecule has 0 spiro atoms. The third kappa shape index (κ3) is 4.75. The molecule has 1 amide bonds. The van der Waals surface area contributed by atoms with Crippen LogP contribution in [0, 0.1) is 5.82 Å². The summed E-state index contributed by atoms with van der Waals surface area (Å²) in [4.78, 5) is 14.2. The highest BCUT2D eigenvalue weighted by Gasteiger charge is 2.11. The SMILES string of the molecule is O=C(Nc1ccc(Sc2ccc(F)cc2)cc1)c1ccc(Cl)cc1Cl. The van der Waals surface area contributed by atoms with Crippen LogP contribution in [-0.4, -0.2) is 5.91 Å². The average molecular weight is 392 g/mol. The van der Waals surface area contributed by atoms with Gasteiger partial charge in [-0.15, -0.1) is 0 Å². The highest BCUT2D eigenvalue weighted by atomic mass is 35.5. The van der Waals surface area contributed by atoms with Crippen molar-refractivity contribution in [3.8, 4) is 0 Å². The number of benzene rings is 3. The van der Waals surface area contributed by atoms with Crippen LogP contribution in [0.5, 0.6) is 0 Å². The Labute approximate surface area is 159 Å². The molecule has 2 nitrogen and oxygen atoms in total. The van der Waals surface area contributed by atoms with E-state index in [0.29, 0.717) is 21.3 Å². The Hall–Kier alpha value is -2.01. The maximum Gasteiger partial charge on any atom is 0.257 e. The second-order valence-corrected chi connectivity index (χ2v) is 7.15. The summed E-state index contributed by atoms with van der Waals surface area (Å²) < 4.78 is 12.9. The lowest BCUT2D eigenvalue weighted by molar-refractivity contribution is 0.102. The van der Waals surface area contributed by atoms with Gasteiger partial charge in [0.05, 0.1) is 10.6 Å². The Kier molecular flexibility index (Phi) is 5.63. The third-order valence-electron chi connectivity index (χ3n) is 3.34. The van der Waals surface area contributed by atoms with Crippen molar-refractivity contribution in [1.82, 2.24) is 0 Å². The molecule has 0 aromatic heterocycles. The smallest absolute Gasteiger partial charge is 0.257 e. The first kappa shape index (κ1) is 17.8. The van der Waals surface area contributed by atoms with Crippen molar-refractivity contribution in [1.29, 1.82) is 0 Å². The molecule has 0 atom stereocenters. The number of nitrogens with one attached hydrogen (secondary N) is 1. The molecule has 0 aliphatic heterocycles. The van der Waals surface area contributed by atoms with Gasteiger partial charge in [-0.25, -0.2) is 4.39 Å². The zero-order valence-corrected chi connectivity index (χ0v) is 15.1.